The van der Waals surface area contributed by atoms with Gasteiger partial charge in [-0.05, 0) is 61.4 Å². The van der Waals surface area contributed by atoms with Crippen molar-refractivity contribution in [3.05, 3.63) is 46.8 Å². The number of ether oxygens (including phenoxy) is 1. The average Bonchev–Trinajstić information content (AvgIpc) is 3.25. The zero-order valence-electron chi connectivity index (χ0n) is 16.9. The van der Waals surface area contributed by atoms with E-state index in [2.05, 4.69) is 10.9 Å². The van der Waals surface area contributed by atoms with Crippen LogP contribution >= 0.6 is 11.3 Å². The summed E-state index contributed by atoms with van der Waals surface area (Å²) in [5.74, 6) is -0.868. The number of thiophene rings is 1. The lowest BCUT2D eigenvalue weighted by molar-refractivity contribution is -0.132. The fraction of sp³-hybridized carbons (Fsp3) is 0.400. The zero-order valence-corrected chi connectivity index (χ0v) is 18.5. The molecular weight excluding hydrogens is 426 g/mol. The van der Waals surface area contributed by atoms with Crippen LogP contribution < -0.4 is 15.6 Å². The molecule has 162 valence electrons. The van der Waals surface area contributed by atoms with Crippen LogP contribution in [0.25, 0.3) is 0 Å². The van der Waals surface area contributed by atoms with Gasteiger partial charge in [0.15, 0.2) is 6.61 Å². The summed E-state index contributed by atoms with van der Waals surface area (Å²) in [6, 6.07) is 8.88. The number of benzene rings is 1. The van der Waals surface area contributed by atoms with E-state index in [0.29, 0.717) is 25.1 Å². The Morgan fingerprint density at radius 2 is 1.93 bits per heavy atom. The van der Waals surface area contributed by atoms with Crippen LogP contribution in [0.1, 0.15) is 24.0 Å². The molecule has 1 fully saturated rings. The van der Waals surface area contributed by atoms with Gasteiger partial charge in [-0.2, -0.15) is 4.31 Å². The van der Waals surface area contributed by atoms with E-state index in [0.717, 1.165) is 22.5 Å². The van der Waals surface area contributed by atoms with Crippen LogP contribution in [-0.4, -0.2) is 44.2 Å². The highest BCUT2D eigenvalue weighted by molar-refractivity contribution is 7.91. The Morgan fingerprint density at radius 3 is 2.60 bits per heavy atom. The van der Waals surface area contributed by atoms with Crippen molar-refractivity contribution in [1.29, 1.82) is 0 Å². The molecule has 1 saturated heterocycles. The van der Waals surface area contributed by atoms with Crippen LogP contribution in [0.15, 0.2) is 39.9 Å². The first-order valence-electron chi connectivity index (χ1n) is 9.59. The lowest BCUT2D eigenvalue weighted by Gasteiger charge is -2.30. The fourth-order valence-corrected chi connectivity index (χ4v) is 6.02. The minimum Gasteiger partial charge on any atom is -0.484 e. The standard InChI is InChI=1S/C20H25N3O5S2/c1-14-9-15(2)11-17(10-14)28-13-18(24)21-22-20(25)16-5-3-7-23(12-16)30(26,27)19-6-4-8-29-19/h4,6,8-11,16H,3,5,7,12-13H2,1-2H3,(H,21,24)(H,22,25). The summed E-state index contributed by atoms with van der Waals surface area (Å²) in [6.07, 6.45) is 1.13. The first kappa shape index (κ1) is 22.3. The van der Waals surface area contributed by atoms with E-state index in [9.17, 15) is 18.0 Å². The van der Waals surface area contributed by atoms with Crippen LogP contribution in [0.3, 0.4) is 0 Å². The summed E-state index contributed by atoms with van der Waals surface area (Å²) in [6.45, 7) is 4.09. The molecule has 1 atom stereocenters. The number of nitrogens with one attached hydrogen (secondary N) is 2. The second-order valence-electron chi connectivity index (χ2n) is 7.28. The monoisotopic (exact) mass is 451 g/mol. The van der Waals surface area contributed by atoms with Crippen LogP contribution in [0.2, 0.25) is 0 Å². The summed E-state index contributed by atoms with van der Waals surface area (Å²) in [5.41, 5.74) is 6.76. The van der Waals surface area contributed by atoms with Crippen molar-refractivity contribution in [2.75, 3.05) is 19.7 Å². The number of hydrogen-bond acceptors (Lipinski definition) is 6. The Bertz CT molecular complexity index is 985. The molecule has 0 bridgehead atoms. The quantitative estimate of drug-likeness (QED) is 0.654. The number of nitrogens with zero attached hydrogens (tertiary/aromatic N) is 1. The van der Waals surface area contributed by atoms with E-state index in [1.54, 1.807) is 17.5 Å². The molecule has 2 amide bonds. The van der Waals surface area contributed by atoms with Crippen molar-refractivity contribution in [1.82, 2.24) is 15.2 Å². The van der Waals surface area contributed by atoms with E-state index < -0.39 is 27.8 Å². The number of hydrazine groups is 1. The van der Waals surface area contributed by atoms with E-state index in [1.165, 1.54) is 4.31 Å². The first-order chi connectivity index (χ1) is 14.3. The average molecular weight is 452 g/mol. The SMILES string of the molecule is Cc1cc(C)cc(OCC(=O)NNC(=O)C2CCCN(S(=O)(=O)c3cccs3)C2)c1. The molecule has 0 radical (unpaired) electrons. The molecule has 1 aromatic heterocycles. The third kappa shape index (κ3) is 5.59. The maximum absolute atomic E-state index is 12.7. The number of rotatable bonds is 6. The van der Waals surface area contributed by atoms with E-state index in [4.69, 9.17) is 4.74 Å². The zero-order chi connectivity index (χ0) is 21.7. The Hall–Kier alpha value is -2.43. The van der Waals surface area contributed by atoms with Gasteiger partial charge in [-0.25, -0.2) is 8.42 Å². The third-order valence-electron chi connectivity index (χ3n) is 4.73. The van der Waals surface area contributed by atoms with Crippen molar-refractivity contribution >= 4 is 33.2 Å². The molecule has 3 rings (SSSR count). The largest absolute Gasteiger partial charge is 0.484 e. The van der Waals surface area contributed by atoms with E-state index >= 15 is 0 Å². The van der Waals surface area contributed by atoms with Crippen molar-refractivity contribution in [3.8, 4) is 5.75 Å². The summed E-state index contributed by atoms with van der Waals surface area (Å²) in [5, 5.41) is 1.71. The van der Waals surface area contributed by atoms with Crippen LogP contribution in [0, 0.1) is 19.8 Å². The molecule has 1 aromatic carbocycles. The van der Waals surface area contributed by atoms with Crippen molar-refractivity contribution in [2.45, 2.75) is 30.9 Å². The molecule has 30 heavy (non-hydrogen) atoms. The molecule has 0 saturated carbocycles. The van der Waals surface area contributed by atoms with Gasteiger partial charge in [-0.1, -0.05) is 12.1 Å². The van der Waals surface area contributed by atoms with Crippen molar-refractivity contribution in [3.63, 3.8) is 0 Å². The van der Waals surface area contributed by atoms with Crippen LogP contribution in [0.5, 0.6) is 5.75 Å². The second-order valence-corrected chi connectivity index (χ2v) is 10.4. The van der Waals surface area contributed by atoms with Crippen molar-refractivity contribution < 1.29 is 22.7 Å². The van der Waals surface area contributed by atoms with Crippen molar-refractivity contribution in [2.24, 2.45) is 5.92 Å². The van der Waals surface area contributed by atoms with Gasteiger partial charge in [-0.3, -0.25) is 20.4 Å². The maximum Gasteiger partial charge on any atom is 0.276 e. The van der Waals surface area contributed by atoms with E-state index in [1.807, 2.05) is 32.0 Å². The van der Waals surface area contributed by atoms with Gasteiger partial charge >= 0.3 is 0 Å². The molecule has 0 aliphatic carbocycles. The fourth-order valence-electron chi connectivity index (χ4n) is 3.35. The Balaban J connectivity index is 1.49. The summed E-state index contributed by atoms with van der Waals surface area (Å²) < 4.78 is 32.4. The molecule has 1 aliphatic heterocycles. The highest BCUT2D eigenvalue weighted by Crippen LogP contribution is 2.26. The van der Waals surface area contributed by atoms with Gasteiger partial charge in [0.1, 0.15) is 9.96 Å². The van der Waals surface area contributed by atoms with Gasteiger partial charge in [0.05, 0.1) is 5.92 Å². The number of carbonyl (C=O) groups excluding carboxylic acids is 2. The lowest BCUT2D eigenvalue weighted by atomic mass is 9.99. The van der Waals surface area contributed by atoms with E-state index in [-0.39, 0.29) is 17.4 Å². The summed E-state index contributed by atoms with van der Waals surface area (Å²) in [4.78, 5) is 24.4. The topological polar surface area (TPSA) is 105 Å². The molecule has 8 nitrogen and oxygen atoms in total. The highest BCUT2D eigenvalue weighted by Gasteiger charge is 2.33. The highest BCUT2D eigenvalue weighted by atomic mass is 32.2. The minimum absolute atomic E-state index is 0.0843. The normalized spacial score (nSPS) is 17.3. The Morgan fingerprint density at radius 1 is 1.20 bits per heavy atom. The maximum atomic E-state index is 12.7. The predicted octanol–water partition coefficient (Wildman–Crippen LogP) is 1.99. The predicted molar refractivity (Wildman–Crippen MR) is 113 cm³/mol. The number of carbonyl (C=O) groups is 2. The number of hydrogen-bond donors (Lipinski definition) is 2. The third-order valence-corrected chi connectivity index (χ3v) is 7.97. The molecule has 1 aliphatic rings. The Labute approximate surface area is 180 Å². The number of amides is 2. The van der Waals surface area contributed by atoms with Crippen LogP contribution in [0.4, 0.5) is 0 Å². The number of sulfonamides is 1. The molecule has 2 aromatic rings. The molecule has 2 heterocycles. The molecular formula is C20H25N3O5S2. The van der Waals surface area contributed by atoms with Gasteiger partial charge in [0, 0.05) is 13.1 Å². The molecule has 2 N–H and O–H groups in total. The number of piperidine rings is 1. The van der Waals surface area contributed by atoms with Crippen LogP contribution in [-0.2, 0) is 19.6 Å². The number of aryl methyl sites for hydroxylation is 2. The second kappa shape index (κ2) is 9.59. The summed E-state index contributed by atoms with van der Waals surface area (Å²) >= 11 is 1.15. The van der Waals surface area contributed by atoms with Gasteiger partial charge in [0.2, 0.25) is 5.91 Å². The lowest BCUT2D eigenvalue weighted by Crippen LogP contribution is -2.50. The first-order valence-corrected chi connectivity index (χ1v) is 11.9. The smallest absolute Gasteiger partial charge is 0.276 e. The molecule has 0 spiro atoms. The minimum atomic E-state index is -3.60. The molecule has 10 heteroatoms. The summed E-state index contributed by atoms with van der Waals surface area (Å²) in [7, 11) is -3.60. The van der Waals surface area contributed by atoms with Gasteiger partial charge in [-0.15, -0.1) is 11.3 Å². The molecule has 1 unspecified atom stereocenters. The van der Waals surface area contributed by atoms with Gasteiger partial charge < -0.3 is 4.74 Å². The Kier molecular flexibility index (Phi) is 7.11. The van der Waals surface area contributed by atoms with Gasteiger partial charge in [0.25, 0.3) is 15.9 Å².